The monoisotopic (exact) mass is 657 g/mol. The van der Waals surface area contributed by atoms with Crippen LogP contribution in [0, 0.1) is 11.8 Å². The van der Waals surface area contributed by atoms with Crippen LogP contribution < -0.4 is 15.4 Å². The van der Waals surface area contributed by atoms with Gasteiger partial charge in [0, 0.05) is 39.1 Å². The van der Waals surface area contributed by atoms with Gasteiger partial charge in [0.15, 0.2) is 9.84 Å². The van der Waals surface area contributed by atoms with E-state index in [2.05, 4.69) is 22.5 Å². The average Bonchev–Trinajstić information content (AvgIpc) is 3.28. The smallest absolute Gasteiger partial charge is 0.393 e. The number of benzene rings is 2. The highest BCUT2D eigenvalue weighted by Gasteiger charge is 2.33. The first kappa shape index (κ1) is 33.8. The number of piperidine rings is 1. The molecule has 1 aliphatic rings. The van der Waals surface area contributed by atoms with Gasteiger partial charge in [-0.05, 0) is 35.6 Å². The Morgan fingerprint density at radius 1 is 1.20 bits per heavy atom. The van der Waals surface area contributed by atoms with E-state index >= 15 is 4.39 Å². The molecular weight excluding hydrogens is 622 g/mol. The van der Waals surface area contributed by atoms with Gasteiger partial charge in [0.2, 0.25) is 0 Å². The van der Waals surface area contributed by atoms with E-state index in [1.165, 1.54) is 32.4 Å². The minimum Gasteiger partial charge on any atom is -0.495 e. The summed E-state index contributed by atoms with van der Waals surface area (Å²) in [5, 5.41) is 16.6. The van der Waals surface area contributed by atoms with E-state index in [0.29, 0.717) is 34.4 Å². The Kier molecular flexibility index (Phi) is 11.0. The van der Waals surface area contributed by atoms with Gasteiger partial charge in [-0.2, -0.15) is 13.2 Å². The zero-order valence-corrected chi connectivity index (χ0v) is 26.1. The third-order valence-electron chi connectivity index (χ3n) is 7.16. The standard InChI is InChI=1S/C30H35F4N3O5S2/c1-41-18-19(38)16-37-13-11-24(23(31)17-37)36-26-7-4-6-21-22(15-30(32,33)34)28(43-29(21)26)8-5-12-35-25-10-9-20(44(3,39)40)14-27(25)42-2/h4,6-7,9-10,14,19,23-24,35-36,38H,11-13,15-18H2,1-3H3/t19?,23-,24+/m0/s1. The fraction of sp³-hybridized carbons (Fsp3) is 0.467. The normalized spacial score (nSPS) is 18.5. The average molecular weight is 658 g/mol. The van der Waals surface area contributed by atoms with Crippen LogP contribution in [0.15, 0.2) is 41.3 Å². The number of sulfone groups is 1. The number of rotatable bonds is 11. The number of nitrogens with zero attached hydrogens (tertiary/aromatic N) is 1. The number of halogens is 4. The molecule has 1 aromatic heterocycles. The van der Waals surface area contributed by atoms with Crippen LogP contribution in [-0.4, -0.2) is 96.2 Å². The van der Waals surface area contributed by atoms with Crippen molar-refractivity contribution in [3.05, 3.63) is 46.8 Å². The number of hydrogen-bond donors (Lipinski definition) is 3. The summed E-state index contributed by atoms with van der Waals surface area (Å²) in [6.45, 7) is 1.16. The number of aliphatic hydroxyl groups excluding tert-OH is 1. The van der Waals surface area contributed by atoms with E-state index in [1.807, 2.05) is 4.90 Å². The molecule has 2 aromatic carbocycles. The van der Waals surface area contributed by atoms with Crippen LogP contribution in [0.2, 0.25) is 0 Å². The highest BCUT2D eigenvalue weighted by atomic mass is 32.2. The molecule has 3 aromatic rings. The van der Waals surface area contributed by atoms with Crippen molar-refractivity contribution in [2.45, 2.75) is 42.2 Å². The van der Waals surface area contributed by atoms with Gasteiger partial charge in [-0.15, -0.1) is 11.3 Å². The summed E-state index contributed by atoms with van der Waals surface area (Å²) in [4.78, 5) is 2.17. The molecule has 4 rings (SSSR count). The number of fused-ring (bicyclic) bond motifs is 1. The molecule has 0 saturated carbocycles. The molecule has 14 heteroatoms. The number of thiophene rings is 1. The van der Waals surface area contributed by atoms with E-state index in [1.54, 1.807) is 18.2 Å². The lowest BCUT2D eigenvalue weighted by molar-refractivity contribution is -0.126. The molecule has 1 fully saturated rings. The summed E-state index contributed by atoms with van der Waals surface area (Å²) >= 11 is 1.12. The molecule has 3 N–H and O–H groups in total. The van der Waals surface area contributed by atoms with Crippen molar-refractivity contribution in [3.8, 4) is 17.6 Å². The topological polar surface area (TPSA) is 100 Å². The number of β-amino-alcohol motifs (C(OH)–C–C–N with tert-alkyl or cyclic N) is 1. The van der Waals surface area contributed by atoms with Crippen LogP contribution in [0.3, 0.4) is 0 Å². The summed E-state index contributed by atoms with van der Waals surface area (Å²) in [7, 11) is -0.560. The third kappa shape index (κ3) is 8.76. The highest BCUT2D eigenvalue weighted by molar-refractivity contribution is 7.90. The molecule has 3 atom stereocenters. The Balaban J connectivity index is 1.54. The molecule has 0 radical (unpaired) electrons. The van der Waals surface area contributed by atoms with E-state index < -0.39 is 40.8 Å². The zero-order valence-electron chi connectivity index (χ0n) is 24.5. The van der Waals surface area contributed by atoms with Crippen LogP contribution >= 0.6 is 11.3 Å². The molecule has 1 saturated heterocycles. The van der Waals surface area contributed by atoms with Crippen molar-refractivity contribution in [1.82, 2.24) is 4.90 Å². The number of nitrogens with one attached hydrogen (secondary N) is 2. The highest BCUT2D eigenvalue weighted by Crippen LogP contribution is 2.39. The lowest BCUT2D eigenvalue weighted by atomic mass is 10.0. The molecule has 0 aliphatic carbocycles. The first-order chi connectivity index (χ1) is 20.8. The maximum absolute atomic E-state index is 15.2. The van der Waals surface area contributed by atoms with Crippen LogP contribution in [0.25, 0.3) is 10.1 Å². The summed E-state index contributed by atoms with van der Waals surface area (Å²) in [6.07, 6.45) is -6.07. The predicted octanol–water partition coefficient (Wildman–Crippen LogP) is 4.71. The maximum atomic E-state index is 15.2. The van der Waals surface area contributed by atoms with Crippen LogP contribution in [-0.2, 0) is 21.0 Å². The van der Waals surface area contributed by atoms with Gasteiger partial charge in [0.1, 0.15) is 11.9 Å². The zero-order chi connectivity index (χ0) is 32.1. The molecule has 0 amide bonds. The largest absolute Gasteiger partial charge is 0.495 e. The quantitative estimate of drug-likeness (QED) is 0.202. The SMILES string of the molecule is COCC(O)CN1CC[C@@H](Nc2cccc3c(CC(F)(F)F)c(C#CCNc4ccc(S(C)(=O)=O)cc4OC)sc23)[C@@H](F)C1. The number of hydrogen-bond acceptors (Lipinski definition) is 9. The third-order valence-corrected chi connectivity index (χ3v) is 9.47. The molecule has 44 heavy (non-hydrogen) atoms. The fourth-order valence-electron chi connectivity index (χ4n) is 5.11. The minimum absolute atomic E-state index is 0.0561. The van der Waals surface area contributed by atoms with Crippen molar-refractivity contribution < 1.29 is 40.6 Å². The molecular formula is C30H35F4N3O5S2. The molecule has 240 valence electrons. The molecule has 2 heterocycles. The summed E-state index contributed by atoms with van der Waals surface area (Å²) in [5.74, 6) is 6.02. The van der Waals surface area contributed by atoms with Gasteiger partial charge in [-0.25, -0.2) is 12.8 Å². The lowest BCUT2D eigenvalue weighted by Gasteiger charge is -2.36. The first-order valence-electron chi connectivity index (χ1n) is 13.8. The van der Waals surface area contributed by atoms with Crippen molar-refractivity contribution in [1.29, 1.82) is 0 Å². The summed E-state index contributed by atoms with van der Waals surface area (Å²) in [6, 6.07) is 8.77. The predicted molar refractivity (Wildman–Crippen MR) is 164 cm³/mol. The van der Waals surface area contributed by atoms with Gasteiger partial charge >= 0.3 is 6.18 Å². The van der Waals surface area contributed by atoms with E-state index in [0.717, 1.165) is 17.6 Å². The number of likely N-dealkylation sites (tertiary alicyclic amines) is 1. The van der Waals surface area contributed by atoms with Gasteiger partial charge in [-0.3, -0.25) is 4.90 Å². The Bertz CT molecular complexity index is 1620. The van der Waals surface area contributed by atoms with E-state index in [4.69, 9.17) is 9.47 Å². The molecule has 1 unspecified atom stereocenters. The van der Waals surface area contributed by atoms with Crippen molar-refractivity contribution in [2.75, 3.05) is 63.9 Å². The van der Waals surface area contributed by atoms with Crippen molar-refractivity contribution >= 4 is 42.6 Å². The van der Waals surface area contributed by atoms with Gasteiger partial charge in [0.25, 0.3) is 0 Å². The molecule has 1 aliphatic heterocycles. The Labute approximate surface area is 258 Å². The number of aliphatic hydroxyl groups is 1. The van der Waals surface area contributed by atoms with Crippen molar-refractivity contribution in [2.24, 2.45) is 0 Å². The Morgan fingerprint density at radius 3 is 2.64 bits per heavy atom. The molecule has 8 nitrogen and oxygen atoms in total. The van der Waals surface area contributed by atoms with Gasteiger partial charge in [0.05, 0.1) is 64.7 Å². The number of anilines is 2. The summed E-state index contributed by atoms with van der Waals surface area (Å²) < 4.78 is 90.5. The molecule has 0 bridgehead atoms. The fourth-order valence-corrected chi connectivity index (χ4v) is 6.92. The van der Waals surface area contributed by atoms with Crippen molar-refractivity contribution in [3.63, 3.8) is 0 Å². The number of alkyl halides is 4. The van der Waals surface area contributed by atoms with Crippen LogP contribution in [0.4, 0.5) is 28.9 Å². The maximum Gasteiger partial charge on any atom is 0.393 e. The lowest BCUT2D eigenvalue weighted by Crippen LogP contribution is -2.50. The van der Waals surface area contributed by atoms with E-state index in [-0.39, 0.29) is 47.3 Å². The minimum atomic E-state index is -4.47. The van der Waals surface area contributed by atoms with Gasteiger partial charge < -0.3 is 25.2 Å². The summed E-state index contributed by atoms with van der Waals surface area (Å²) in [5.41, 5.74) is 1.08. The number of methoxy groups -OCH3 is 2. The van der Waals surface area contributed by atoms with E-state index in [9.17, 15) is 26.7 Å². The Morgan fingerprint density at radius 2 is 1.98 bits per heavy atom. The molecule has 0 spiro atoms. The second-order valence-electron chi connectivity index (χ2n) is 10.6. The second kappa shape index (κ2) is 14.3. The van der Waals surface area contributed by atoms with Gasteiger partial charge in [-0.1, -0.05) is 24.0 Å². The Hall–Kier alpha value is -3.09. The first-order valence-corrected chi connectivity index (χ1v) is 16.5. The second-order valence-corrected chi connectivity index (χ2v) is 13.6. The van der Waals surface area contributed by atoms with Crippen LogP contribution in [0.1, 0.15) is 16.9 Å². The number of ether oxygens (including phenoxy) is 2. The van der Waals surface area contributed by atoms with Crippen LogP contribution in [0.5, 0.6) is 5.75 Å².